The van der Waals surface area contributed by atoms with E-state index in [2.05, 4.69) is 0 Å². The Morgan fingerprint density at radius 2 is 1.86 bits per heavy atom. The number of hydrogen-bond acceptors (Lipinski definition) is 3. The molecule has 1 aromatic carbocycles. The molecule has 0 saturated carbocycles. The van der Waals surface area contributed by atoms with Gasteiger partial charge in [-0.3, -0.25) is 0 Å². The maximum absolute atomic E-state index is 13.2. The number of phenols is 1. The van der Waals surface area contributed by atoms with Gasteiger partial charge < -0.3 is 16.6 Å². The van der Waals surface area contributed by atoms with Crippen molar-refractivity contribution in [1.29, 1.82) is 0 Å². The van der Waals surface area contributed by atoms with E-state index >= 15 is 0 Å². The van der Waals surface area contributed by atoms with Crippen LogP contribution in [0.2, 0.25) is 0 Å². The second kappa shape index (κ2) is 4.34. The Labute approximate surface area is 80.3 Å². The first-order valence-electron chi connectivity index (χ1n) is 4.20. The van der Waals surface area contributed by atoms with Crippen molar-refractivity contribution in [3.05, 3.63) is 29.3 Å². The molecule has 5 N–H and O–H groups in total. The Balaban J connectivity index is 3.11. The van der Waals surface area contributed by atoms with Crippen LogP contribution < -0.4 is 11.5 Å². The highest BCUT2D eigenvalue weighted by Gasteiger charge is 2.18. The van der Waals surface area contributed by atoms with Crippen molar-refractivity contribution in [2.75, 3.05) is 6.54 Å². The number of aromatic hydroxyl groups is 1. The van der Waals surface area contributed by atoms with Crippen molar-refractivity contribution >= 4 is 0 Å². The fourth-order valence-electron chi connectivity index (χ4n) is 1.23. The number of benzene rings is 1. The standard InChI is InChI=1S/C9H12F2N2O/c10-5-1-2-6(11)9(14)8(5)7(13)3-4-12/h1-2,7,14H,3-4,12-13H2/t7-/m1/s1. The quantitative estimate of drug-likeness (QED) is 0.685. The number of hydrogen-bond donors (Lipinski definition) is 3. The van der Waals surface area contributed by atoms with Crippen LogP contribution in [-0.4, -0.2) is 11.7 Å². The Kier molecular flexibility index (Phi) is 3.38. The Bertz CT molecular complexity index is 331. The number of rotatable bonds is 3. The zero-order valence-electron chi connectivity index (χ0n) is 7.50. The molecule has 14 heavy (non-hydrogen) atoms. The summed E-state index contributed by atoms with van der Waals surface area (Å²) in [4.78, 5) is 0. The molecule has 0 radical (unpaired) electrons. The lowest BCUT2D eigenvalue weighted by atomic mass is 10.0. The first-order chi connectivity index (χ1) is 6.57. The second-order valence-corrected chi connectivity index (χ2v) is 2.98. The third kappa shape index (κ3) is 2.00. The van der Waals surface area contributed by atoms with Crippen LogP contribution in [-0.2, 0) is 0 Å². The van der Waals surface area contributed by atoms with Crippen LogP contribution in [0.25, 0.3) is 0 Å². The van der Waals surface area contributed by atoms with Gasteiger partial charge in [-0.25, -0.2) is 8.78 Å². The van der Waals surface area contributed by atoms with Gasteiger partial charge in [0.1, 0.15) is 5.82 Å². The second-order valence-electron chi connectivity index (χ2n) is 2.98. The number of nitrogens with two attached hydrogens (primary N) is 2. The van der Waals surface area contributed by atoms with E-state index in [1.54, 1.807) is 0 Å². The minimum absolute atomic E-state index is 0.213. The van der Waals surface area contributed by atoms with Crippen LogP contribution in [0.5, 0.6) is 5.75 Å². The van der Waals surface area contributed by atoms with E-state index in [-0.39, 0.29) is 18.5 Å². The van der Waals surface area contributed by atoms with Crippen molar-refractivity contribution in [3.63, 3.8) is 0 Å². The van der Waals surface area contributed by atoms with Crippen molar-refractivity contribution in [2.24, 2.45) is 11.5 Å². The van der Waals surface area contributed by atoms with Crippen molar-refractivity contribution < 1.29 is 13.9 Å². The SMILES string of the molecule is NCC[C@@H](N)c1c(F)ccc(F)c1O. The van der Waals surface area contributed by atoms with Gasteiger partial charge in [0, 0.05) is 11.6 Å². The summed E-state index contributed by atoms with van der Waals surface area (Å²) < 4.78 is 26.0. The molecular formula is C9H12F2N2O. The summed E-state index contributed by atoms with van der Waals surface area (Å²) >= 11 is 0. The fraction of sp³-hybridized carbons (Fsp3) is 0.333. The minimum Gasteiger partial charge on any atom is -0.505 e. The van der Waals surface area contributed by atoms with Crippen LogP contribution in [0, 0.1) is 11.6 Å². The first-order valence-corrected chi connectivity index (χ1v) is 4.20. The zero-order chi connectivity index (χ0) is 10.7. The van der Waals surface area contributed by atoms with Crippen LogP contribution in [0.15, 0.2) is 12.1 Å². The Hall–Kier alpha value is -1.20. The summed E-state index contributed by atoms with van der Waals surface area (Å²) in [7, 11) is 0. The normalized spacial score (nSPS) is 12.9. The van der Waals surface area contributed by atoms with E-state index in [0.717, 1.165) is 12.1 Å². The number of phenolic OH excluding ortho intramolecular Hbond substituents is 1. The average Bonchev–Trinajstić information content (AvgIpc) is 2.13. The molecule has 0 fully saturated rings. The number of halogens is 2. The molecule has 0 bridgehead atoms. The summed E-state index contributed by atoms with van der Waals surface area (Å²) in [5.41, 5.74) is 10.5. The van der Waals surface area contributed by atoms with Crippen LogP contribution >= 0.6 is 0 Å². The van der Waals surface area contributed by atoms with E-state index < -0.39 is 23.4 Å². The topological polar surface area (TPSA) is 72.3 Å². The molecule has 0 spiro atoms. The molecule has 0 aliphatic carbocycles. The van der Waals surface area contributed by atoms with E-state index in [9.17, 15) is 13.9 Å². The first kappa shape index (κ1) is 10.9. The van der Waals surface area contributed by atoms with Gasteiger partial charge in [0.15, 0.2) is 11.6 Å². The molecule has 5 heteroatoms. The summed E-state index contributed by atoms with van der Waals surface area (Å²) in [6.07, 6.45) is 0.286. The van der Waals surface area contributed by atoms with Gasteiger partial charge in [-0.2, -0.15) is 0 Å². The van der Waals surface area contributed by atoms with Crippen molar-refractivity contribution in [2.45, 2.75) is 12.5 Å². The lowest BCUT2D eigenvalue weighted by molar-refractivity contribution is 0.408. The molecule has 0 amide bonds. The summed E-state index contributed by atoms with van der Waals surface area (Å²) in [6, 6.07) is 1.00. The minimum atomic E-state index is -0.881. The maximum atomic E-state index is 13.2. The zero-order valence-corrected chi connectivity index (χ0v) is 7.50. The van der Waals surface area contributed by atoms with Gasteiger partial charge in [-0.05, 0) is 25.1 Å². The third-order valence-electron chi connectivity index (χ3n) is 1.96. The van der Waals surface area contributed by atoms with Crippen LogP contribution in [0.3, 0.4) is 0 Å². The van der Waals surface area contributed by atoms with Crippen LogP contribution in [0.1, 0.15) is 18.0 Å². The maximum Gasteiger partial charge on any atom is 0.165 e. The lowest BCUT2D eigenvalue weighted by Crippen LogP contribution is -2.17. The largest absolute Gasteiger partial charge is 0.505 e. The van der Waals surface area contributed by atoms with Gasteiger partial charge in [0.2, 0.25) is 0 Å². The molecule has 0 aliphatic heterocycles. The summed E-state index contributed by atoms with van der Waals surface area (Å²) in [5, 5.41) is 9.24. The van der Waals surface area contributed by atoms with Gasteiger partial charge in [-0.15, -0.1) is 0 Å². The lowest BCUT2D eigenvalue weighted by Gasteiger charge is -2.13. The Morgan fingerprint density at radius 1 is 1.29 bits per heavy atom. The van der Waals surface area contributed by atoms with E-state index in [4.69, 9.17) is 11.5 Å². The molecule has 0 heterocycles. The summed E-state index contributed by atoms with van der Waals surface area (Å²) in [5.74, 6) is -2.33. The van der Waals surface area contributed by atoms with Crippen molar-refractivity contribution in [3.8, 4) is 5.75 Å². The molecule has 1 atom stereocenters. The molecule has 0 aromatic heterocycles. The molecular weight excluding hydrogens is 190 g/mol. The van der Waals surface area contributed by atoms with E-state index in [0.29, 0.717) is 0 Å². The highest BCUT2D eigenvalue weighted by atomic mass is 19.1. The Morgan fingerprint density at radius 3 is 2.43 bits per heavy atom. The molecule has 0 unspecified atom stereocenters. The predicted molar refractivity (Wildman–Crippen MR) is 48.6 cm³/mol. The highest BCUT2D eigenvalue weighted by molar-refractivity contribution is 5.37. The molecule has 1 aromatic rings. The van der Waals surface area contributed by atoms with E-state index in [1.807, 2.05) is 0 Å². The predicted octanol–water partition coefficient (Wildman–Crippen LogP) is 1.02. The molecule has 1 rings (SSSR count). The molecule has 0 aliphatic rings. The molecule has 0 saturated heterocycles. The monoisotopic (exact) mass is 202 g/mol. The average molecular weight is 202 g/mol. The van der Waals surface area contributed by atoms with Gasteiger partial charge in [-0.1, -0.05) is 0 Å². The smallest absolute Gasteiger partial charge is 0.165 e. The van der Waals surface area contributed by atoms with Crippen molar-refractivity contribution in [1.82, 2.24) is 0 Å². The highest BCUT2D eigenvalue weighted by Crippen LogP contribution is 2.29. The third-order valence-corrected chi connectivity index (χ3v) is 1.96. The van der Waals surface area contributed by atoms with Crippen LogP contribution in [0.4, 0.5) is 8.78 Å². The summed E-state index contributed by atoms with van der Waals surface area (Å²) in [6.45, 7) is 0.247. The van der Waals surface area contributed by atoms with Gasteiger partial charge in [0.05, 0.1) is 0 Å². The van der Waals surface area contributed by atoms with Gasteiger partial charge >= 0.3 is 0 Å². The van der Waals surface area contributed by atoms with Gasteiger partial charge in [0.25, 0.3) is 0 Å². The van der Waals surface area contributed by atoms with E-state index in [1.165, 1.54) is 0 Å². The molecule has 78 valence electrons. The molecule has 3 nitrogen and oxygen atoms in total. The fourth-order valence-corrected chi connectivity index (χ4v) is 1.23.